The molecule has 0 spiro atoms. The van der Waals surface area contributed by atoms with E-state index in [-0.39, 0.29) is 5.91 Å². The fourth-order valence-electron chi connectivity index (χ4n) is 3.95. The summed E-state index contributed by atoms with van der Waals surface area (Å²) in [7, 11) is 2.16. The van der Waals surface area contributed by atoms with E-state index in [1.165, 1.54) is 5.69 Å². The second-order valence-electron chi connectivity index (χ2n) is 7.40. The molecule has 1 atom stereocenters. The summed E-state index contributed by atoms with van der Waals surface area (Å²) in [6.45, 7) is 5.83. The van der Waals surface area contributed by atoms with Crippen molar-refractivity contribution in [3.05, 3.63) is 48.0 Å². The lowest BCUT2D eigenvalue weighted by Gasteiger charge is -2.34. The van der Waals surface area contributed by atoms with Gasteiger partial charge in [-0.3, -0.25) is 4.79 Å². The second kappa shape index (κ2) is 7.50. The number of likely N-dealkylation sites (N-methyl/N-ethyl adjacent to an activating group) is 1. The van der Waals surface area contributed by atoms with Crippen molar-refractivity contribution in [2.24, 2.45) is 0 Å². The van der Waals surface area contributed by atoms with Crippen LogP contribution in [0.25, 0.3) is 0 Å². The predicted molar refractivity (Wildman–Crippen MR) is 103 cm³/mol. The summed E-state index contributed by atoms with van der Waals surface area (Å²) in [4.78, 5) is 27.2. The number of hydrogen-bond acceptors (Lipinski definition) is 4. The highest BCUT2D eigenvalue weighted by molar-refractivity contribution is 5.94. The lowest BCUT2D eigenvalue weighted by Crippen LogP contribution is -2.44. The van der Waals surface area contributed by atoms with Gasteiger partial charge in [-0.15, -0.1) is 0 Å². The highest BCUT2D eigenvalue weighted by Crippen LogP contribution is 2.26. The first-order valence-electron chi connectivity index (χ1n) is 9.53. The van der Waals surface area contributed by atoms with E-state index in [1.807, 2.05) is 23.2 Å². The third-order valence-electron chi connectivity index (χ3n) is 5.60. The van der Waals surface area contributed by atoms with E-state index in [0.29, 0.717) is 5.92 Å². The van der Waals surface area contributed by atoms with Crippen LogP contribution >= 0.6 is 0 Å². The minimum absolute atomic E-state index is 0.131. The molecular formula is C20H27N5O. The Morgan fingerprint density at radius 2 is 1.88 bits per heavy atom. The largest absolute Gasteiger partial charge is 0.369 e. The highest BCUT2D eigenvalue weighted by atomic mass is 16.2. The van der Waals surface area contributed by atoms with Gasteiger partial charge >= 0.3 is 0 Å². The average Bonchev–Trinajstić information content (AvgIpc) is 3.23. The summed E-state index contributed by atoms with van der Waals surface area (Å²) in [5.74, 6) is 1.44. The molecule has 0 saturated carbocycles. The summed E-state index contributed by atoms with van der Waals surface area (Å²) in [6.07, 6.45) is 5.75. The molecule has 0 unspecified atom stereocenters. The molecule has 2 aliphatic rings. The Kier molecular flexibility index (Phi) is 4.93. The maximum absolute atomic E-state index is 12.9. The summed E-state index contributed by atoms with van der Waals surface area (Å²) >= 11 is 0. The molecule has 138 valence electrons. The zero-order valence-corrected chi connectivity index (χ0v) is 15.4. The normalized spacial score (nSPS) is 21.8. The minimum atomic E-state index is 0.131. The van der Waals surface area contributed by atoms with Gasteiger partial charge in [0.1, 0.15) is 5.82 Å². The predicted octanol–water partition coefficient (Wildman–Crippen LogP) is 2.18. The Morgan fingerprint density at radius 3 is 2.58 bits per heavy atom. The van der Waals surface area contributed by atoms with Crippen molar-refractivity contribution in [1.29, 1.82) is 0 Å². The van der Waals surface area contributed by atoms with E-state index in [9.17, 15) is 4.79 Å². The Morgan fingerprint density at radius 1 is 1.12 bits per heavy atom. The zero-order valence-electron chi connectivity index (χ0n) is 15.4. The van der Waals surface area contributed by atoms with Gasteiger partial charge in [0.15, 0.2) is 0 Å². The molecule has 6 nitrogen and oxygen atoms in total. The molecule has 2 aromatic rings. The molecule has 4 rings (SSSR count). The van der Waals surface area contributed by atoms with Crippen LogP contribution in [0.15, 0.2) is 36.7 Å². The van der Waals surface area contributed by atoms with Crippen LogP contribution in [-0.4, -0.2) is 72.0 Å². The van der Waals surface area contributed by atoms with Crippen molar-refractivity contribution < 1.29 is 4.79 Å². The van der Waals surface area contributed by atoms with Crippen LogP contribution in [0.4, 0.5) is 5.69 Å². The molecule has 0 aliphatic carbocycles. The number of nitrogens with zero attached hydrogens (tertiary/aromatic N) is 4. The second-order valence-corrected chi connectivity index (χ2v) is 7.40. The summed E-state index contributed by atoms with van der Waals surface area (Å²) in [5.41, 5.74) is 1.99. The molecule has 2 saturated heterocycles. The third kappa shape index (κ3) is 3.60. The van der Waals surface area contributed by atoms with Gasteiger partial charge in [-0.2, -0.15) is 0 Å². The molecule has 3 heterocycles. The van der Waals surface area contributed by atoms with Crippen molar-refractivity contribution in [2.45, 2.75) is 18.8 Å². The number of hydrogen-bond donors (Lipinski definition) is 1. The maximum atomic E-state index is 12.9. The number of H-pyrrole nitrogens is 1. The van der Waals surface area contributed by atoms with Gasteiger partial charge in [-0.25, -0.2) is 4.98 Å². The number of piperidine rings is 1. The number of nitrogens with one attached hydrogen (secondary N) is 1. The van der Waals surface area contributed by atoms with E-state index in [0.717, 1.165) is 63.5 Å². The van der Waals surface area contributed by atoms with E-state index >= 15 is 0 Å². The van der Waals surface area contributed by atoms with Gasteiger partial charge < -0.3 is 19.7 Å². The molecule has 0 radical (unpaired) electrons. The van der Waals surface area contributed by atoms with Crippen molar-refractivity contribution >= 4 is 11.6 Å². The van der Waals surface area contributed by atoms with Crippen LogP contribution in [0, 0.1) is 0 Å². The van der Waals surface area contributed by atoms with Crippen LogP contribution in [0.5, 0.6) is 0 Å². The number of anilines is 1. The standard InChI is InChI=1S/C20H27N5O/c1-23-11-13-24(14-12-23)18-6-4-16(5-7-18)20(26)25-10-2-3-17(15-25)19-21-8-9-22-19/h4-9,17H,2-3,10-15H2,1H3,(H,21,22)/t17-/m1/s1. The number of carbonyl (C=O) groups is 1. The Labute approximate surface area is 154 Å². The lowest BCUT2D eigenvalue weighted by molar-refractivity contribution is 0.0705. The number of amides is 1. The smallest absolute Gasteiger partial charge is 0.253 e. The quantitative estimate of drug-likeness (QED) is 0.919. The molecular weight excluding hydrogens is 326 g/mol. The van der Waals surface area contributed by atoms with Crippen molar-refractivity contribution in [3.8, 4) is 0 Å². The number of carbonyl (C=O) groups excluding carboxylic acids is 1. The number of likely N-dealkylation sites (tertiary alicyclic amines) is 1. The molecule has 1 amide bonds. The van der Waals surface area contributed by atoms with Gasteiger partial charge in [0.2, 0.25) is 0 Å². The van der Waals surface area contributed by atoms with Gasteiger partial charge in [-0.1, -0.05) is 0 Å². The van der Waals surface area contributed by atoms with E-state index in [2.05, 4.69) is 38.9 Å². The van der Waals surface area contributed by atoms with E-state index in [1.54, 1.807) is 6.20 Å². The Hall–Kier alpha value is -2.34. The van der Waals surface area contributed by atoms with Gasteiger partial charge in [-0.05, 0) is 44.2 Å². The molecule has 2 fully saturated rings. The first-order chi connectivity index (χ1) is 12.7. The Bertz CT molecular complexity index is 719. The van der Waals surface area contributed by atoms with Gasteiger partial charge in [0.05, 0.1) is 0 Å². The Balaban J connectivity index is 1.41. The highest BCUT2D eigenvalue weighted by Gasteiger charge is 2.27. The number of piperazine rings is 1. The lowest BCUT2D eigenvalue weighted by atomic mass is 9.96. The maximum Gasteiger partial charge on any atom is 0.253 e. The number of benzene rings is 1. The van der Waals surface area contributed by atoms with Crippen LogP contribution in [0.2, 0.25) is 0 Å². The first-order valence-corrected chi connectivity index (χ1v) is 9.53. The zero-order chi connectivity index (χ0) is 17.9. The van der Waals surface area contributed by atoms with Crippen molar-refractivity contribution in [2.75, 3.05) is 51.2 Å². The van der Waals surface area contributed by atoms with Crippen LogP contribution in [-0.2, 0) is 0 Å². The van der Waals surface area contributed by atoms with E-state index < -0.39 is 0 Å². The first kappa shape index (κ1) is 17.1. The molecule has 26 heavy (non-hydrogen) atoms. The van der Waals surface area contributed by atoms with Crippen LogP contribution in [0.1, 0.15) is 34.9 Å². The fraction of sp³-hybridized carbons (Fsp3) is 0.500. The monoisotopic (exact) mass is 353 g/mol. The van der Waals surface area contributed by atoms with Gasteiger partial charge in [0.25, 0.3) is 5.91 Å². The fourth-order valence-corrected chi connectivity index (χ4v) is 3.95. The van der Waals surface area contributed by atoms with Gasteiger partial charge in [0, 0.05) is 68.8 Å². The minimum Gasteiger partial charge on any atom is -0.369 e. The van der Waals surface area contributed by atoms with Crippen molar-refractivity contribution in [3.63, 3.8) is 0 Å². The molecule has 0 bridgehead atoms. The summed E-state index contributed by atoms with van der Waals surface area (Å²) in [6, 6.07) is 8.14. The number of aromatic nitrogens is 2. The third-order valence-corrected chi connectivity index (χ3v) is 5.60. The number of rotatable bonds is 3. The molecule has 1 N–H and O–H groups in total. The molecule has 1 aromatic carbocycles. The number of imidazole rings is 1. The molecule has 2 aliphatic heterocycles. The van der Waals surface area contributed by atoms with Crippen LogP contribution < -0.4 is 4.90 Å². The topological polar surface area (TPSA) is 55.5 Å². The molecule has 1 aromatic heterocycles. The van der Waals surface area contributed by atoms with E-state index in [4.69, 9.17) is 0 Å². The van der Waals surface area contributed by atoms with Crippen molar-refractivity contribution in [1.82, 2.24) is 19.8 Å². The van der Waals surface area contributed by atoms with Crippen LogP contribution in [0.3, 0.4) is 0 Å². The number of aromatic amines is 1. The average molecular weight is 353 g/mol. The summed E-state index contributed by atoms with van der Waals surface area (Å²) in [5, 5.41) is 0. The SMILES string of the molecule is CN1CCN(c2ccc(C(=O)N3CCC[C@@H](c4ncc[nH]4)C3)cc2)CC1. The summed E-state index contributed by atoms with van der Waals surface area (Å²) < 4.78 is 0. The molecule has 6 heteroatoms.